The molecule has 2 heterocycles. The molecule has 0 spiro atoms. The summed E-state index contributed by atoms with van der Waals surface area (Å²) in [6.07, 6.45) is 0. The summed E-state index contributed by atoms with van der Waals surface area (Å²) in [5, 5.41) is 2.48. The van der Waals surface area contributed by atoms with Crippen LogP contribution in [-0.2, 0) is 5.41 Å². The van der Waals surface area contributed by atoms with E-state index in [0.717, 1.165) is 33.5 Å². The van der Waals surface area contributed by atoms with Crippen molar-refractivity contribution < 1.29 is 0 Å². The normalized spacial score (nSPS) is 12.5. The zero-order chi connectivity index (χ0) is 46.8. The summed E-state index contributed by atoms with van der Waals surface area (Å²) < 4.78 is 2.38. The molecule has 0 radical (unpaired) electrons. The van der Waals surface area contributed by atoms with Crippen molar-refractivity contribution >= 4 is 21.8 Å². The highest BCUT2D eigenvalue weighted by Gasteiger charge is 2.46. The van der Waals surface area contributed by atoms with Crippen LogP contribution in [0.15, 0.2) is 243 Å². The van der Waals surface area contributed by atoms with Crippen molar-refractivity contribution in [3.05, 3.63) is 276 Å². The molecule has 10 aromatic carbocycles. The van der Waals surface area contributed by atoms with E-state index in [1.807, 2.05) is 36.4 Å². The van der Waals surface area contributed by atoms with Crippen LogP contribution in [0.25, 0.3) is 95.0 Å². The summed E-state index contributed by atoms with van der Waals surface area (Å²) >= 11 is 0. The maximum Gasteiger partial charge on any atom is 0.164 e. The quantitative estimate of drug-likeness (QED) is 0.153. The van der Waals surface area contributed by atoms with Gasteiger partial charge in [0.05, 0.1) is 16.4 Å². The Morgan fingerprint density at radius 3 is 1.46 bits per heavy atom. The van der Waals surface area contributed by atoms with E-state index in [4.69, 9.17) is 15.0 Å². The first-order valence-electron chi connectivity index (χ1n) is 24.0. The third-order valence-electron chi connectivity index (χ3n) is 14.3. The zero-order valence-corrected chi connectivity index (χ0v) is 38.9. The van der Waals surface area contributed by atoms with Gasteiger partial charge in [0, 0.05) is 33.2 Å². The fourth-order valence-corrected chi connectivity index (χ4v) is 10.9. The van der Waals surface area contributed by atoms with Gasteiger partial charge in [-0.3, -0.25) is 0 Å². The van der Waals surface area contributed by atoms with Gasteiger partial charge in [-0.05, 0) is 118 Å². The molecule has 0 bridgehead atoms. The first-order valence-corrected chi connectivity index (χ1v) is 24.0. The minimum absolute atomic E-state index is 0.589. The van der Waals surface area contributed by atoms with Gasteiger partial charge in [0.2, 0.25) is 0 Å². The molecule has 70 heavy (non-hydrogen) atoms. The van der Waals surface area contributed by atoms with E-state index in [0.29, 0.717) is 17.5 Å². The molecule has 0 amide bonds. The Labute approximate surface area is 407 Å². The van der Waals surface area contributed by atoms with Crippen LogP contribution in [0.2, 0.25) is 0 Å². The highest BCUT2D eigenvalue weighted by molar-refractivity contribution is 6.10. The lowest BCUT2D eigenvalue weighted by molar-refractivity contribution is 0.768. The Morgan fingerprint density at radius 1 is 0.314 bits per heavy atom. The number of fused-ring (bicyclic) bond motifs is 6. The first kappa shape index (κ1) is 41.2. The molecule has 1 aliphatic rings. The highest BCUT2D eigenvalue weighted by Crippen LogP contribution is 2.57. The number of rotatable bonds is 8. The summed E-state index contributed by atoms with van der Waals surface area (Å²) in [6, 6.07) is 88.0. The Balaban J connectivity index is 0.990. The number of nitrogens with zero attached hydrogens (tertiary/aromatic N) is 4. The van der Waals surface area contributed by atoms with Crippen LogP contribution in [0.3, 0.4) is 0 Å². The second-order valence-electron chi connectivity index (χ2n) is 18.5. The molecule has 0 saturated heterocycles. The maximum atomic E-state index is 5.09. The van der Waals surface area contributed by atoms with Gasteiger partial charge in [0.15, 0.2) is 17.5 Å². The lowest BCUT2D eigenvalue weighted by Crippen LogP contribution is -2.28. The van der Waals surface area contributed by atoms with E-state index in [-0.39, 0.29) is 0 Å². The van der Waals surface area contributed by atoms with Gasteiger partial charge in [-0.2, -0.15) is 0 Å². The van der Waals surface area contributed by atoms with Crippen molar-refractivity contribution in [1.29, 1.82) is 0 Å². The minimum Gasteiger partial charge on any atom is -0.309 e. The molecule has 12 aromatic rings. The molecular weight excluding hydrogens is 849 g/mol. The number of para-hydroxylation sites is 2. The Morgan fingerprint density at radius 2 is 0.800 bits per heavy atom. The van der Waals surface area contributed by atoms with Gasteiger partial charge in [-0.1, -0.05) is 205 Å². The van der Waals surface area contributed by atoms with Gasteiger partial charge in [-0.25, -0.2) is 15.0 Å². The molecule has 4 heteroatoms. The maximum absolute atomic E-state index is 5.09. The van der Waals surface area contributed by atoms with E-state index in [2.05, 4.69) is 225 Å². The molecule has 0 unspecified atom stereocenters. The SMILES string of the molecule is Cc1ccc(C2(c3ccc(C)cc3)c3ccc(-c4ccc5c(c4)c4ccccc4n5-c4ccccc4)cc3-c3ccc(-c4cccc(-c5nc(-c6ccccc6)nc(-c6ccccc6)n5)c4)cc32)cc1. The Bertz CT molecular complexity index is 3830. The van der Waals surface area contributed by atoms with Crippen molar-refractivity contribution in [2.45, 2.75) is 19.3 Å². The van der Waals surface area contributed by atoms with Gasteiger partial charge < -0.3 is 4.57 Å². The second-order valence-corrected chi connectivity index (χ2v) is 18.5. The number of hydrogen-bond donors (Lipinski definition) is 0. The van der Waals surface area contributed by atoms with Crippen molar-refractivity contribution in [3.8, 4) is 73.2 Å². The Kier molecular flexibility index (Phi) is 9.81. The molecule has 0 aliphatic heterocycles. The average molecular weight is 895 g/mol. The number of aromatic nitrogens is 4. The molecule has 330 valence electrons. The predicted octanol–water partition coefficient (Wildman–Crippen LogP) is 16.3. The first-order chi connectivity index (χ1) is 34.5. The van der Waals surface area contributed by atoms with Gasteiger partial charge in [-0.15, -0.1) is 0 Å². The van der Waals surface area contributed by atoms with E-state index in [1.165, 1.54) is 77.4 Å². The lowest BCUT2D eigenvalue weighted by atomic mass is 9.67. The molecule has 2 aromatic heterocycles. The van der Waals surface area contributed by atoms with E-state index in [9.17, 15) is 0 Å². The van der Waals surface area contributed by atoms with Gasteiger partial charge in [0.1, 0.15) is 0 Å². The molecule has 1 aliphatic carbocycles. The largest absolute Gasteiger partial charge is 0.309 e. The van der Waals surface area contributed by atoms with Crippen LogP contribution < -0.4 is 0 Å². The fraction of sp³-hybridized carbons (Fsp3) is 0.0455. The lowest BCUT2D eigenvalue weighted by Gasteiger charge is -2.34. The van der Waals surface area contributed by atoms with E-state index < -0.39 is 5.41 Å². The standard InChI is InChI=1S/C66H46N4/c1-43-25-32-52(33-26-43)66(53-34-27-44(2)28-35-53)59-37-30-48(49-31-38-62-58(41-49)56-23-12-13-24-61(56)70(62)54-21-10-5-11-22-54)40-57(59)55-36-29-50(42-60(55)66)47-19-14-20-51(39-47)65-68-63(45-15-6-3-7-16-45)67-64(69-65)46-17-8-4-9-18-46/h3-42H,1-2H3. The zero-order valence-electron chi connectivity index (χ0n) is 38.9. The minimum atomic E-state index is -0.589. The third kappa shape index (κ3) is 6.79. The number of benzene rings is 10. The van der Waals surface area contributed by atoms with Gasteiger partial charge in [0.25, 0.3) is 0 Å². The van der Waals surface area contributed by atoms with Crippen LogP contribution in [0, 0.1) is 13.8 Å². The predicted molar refractivity (Wildman–Crippen MR) is 288 cm³/mol. The van der Waals surface area contributed by atoms with Crippen molar-refractivity contribution in [2.24, 2.45) is 0 Å². The van der Waals surface area contributed by atoms with Crippen LogP contribution in [0.1, 0.15) is 33.4 Å². The molecule has 13 rings (SSSR count). The van der Waals surface area contributed by atoms with Crippen molar-refractivity contribution in [2.75, 3.05) is 0 Å². The van der Waals surface area contributed by atoms with Crippen LogP contribution in [-0.4, -0.2) is 19.5 Å². The smallest absolute Gasteiger partial charge is 0.164 e. The number of hydrogen-bond acceptors (Lipinski definition) is 3. The second kappa shape index (κ2) is 16.7. The summed E-state index contributed by atoms with van der Waals surface area (Å²) in [5.74, 6) is 1.92. The molecule has 0 N–H and O–H groups in total. The molecular formula is C66H46N4. The topological polar surface area (TPSA) is 43.6 Å². The van der Waals surface area contributed by atoms with Crippen molar-refractivity contribution in [1.82, 2.24) is 19.5 Å². The third-order valence-corrected chi connectivity index (χ3v) is 14.3. The van der Waals surface area contributed by atoms with Crippen molar-refractivity contribution in [3.63, 3.8) is 0 Å². The Hall–Kier alpha value is -8.99. The highest BCUT2D eigenvalue weighted by atomic mass is 15.0. The fourth-order valence-electron chi connectivity index (χ4n) is 10.9. The molecule has 0 fully saturated rings. The molecule has 0 saturated carbocycles. The van der Waals surface area contributed by atoms with E-state index in [1.54, 1.807) is 0 Å². The molecule has 0 atom stereocenters. The molecule has 4 nitrogen and oxygen atoms in total. The van der Waals surface area contributed by atoms with E-state index >= 15 is 0 Å². The van der Waals surface area contributed by atoms with Gasteiger partial charge >= 0.3 is 0 Å². The average Bonchev–Trinajstić information content (AvgIpc) is 3.91. The monoisotopic (exact) mass is 894 g/mol. The van der Waals surface area contributed by atoms with Crippen LogP contribution in [0.5, 0.6) is 0 Å². The summed E-state index contributed by atoms with van der Waals surface area (Å²) in [7, 11) is 0. The number of aryl methyl sites for hydroxylation is 2. The summed E-state index contributed by atoms with van der Waals surface area (Å²) in [5.41, 5.74) is 20.3. The van der Waals surface area contributed by atoms with Crippen LogP contribution in [0.4, 0.5) is 0 Å². The summed E-state index contributed by atoms with van der Waals surface area (Å²) in [4.78, 5) is 15.1. The van der Waals surface area contributed by atoms with Crippen LogP contribution >= 0.6 is 0 Å². The summed E-state index contributed by atoms with van der Waals surface area (Å²) in [6.45, 7) is 4.34.